The molecule has 0 aromatic heterocycles. The third-order valence-electron chi connectivity index (χ3n) is 3.97. The Morgan fingerprint density at radius 3 is 2.54 bits per heavy atom. The van der Waals surface area contributed by atoms with E-state index in [2.05, 4.69) is 4.99 Å². The summed E-state index contributed by atoms with van der Waals surface area (Å²) in [5.41, 5.74) is 1.29. The van der Waals surface area contributed by atoms with E-state index >= 15 is 0 Å². The average Bonchev–Trinajstić information content (AvgIpc) is 2.59. The third kappa shape index (κ3) is 5.86. The summed E-state index contributed by atoms with van der Waals surface area (Å²) in [5, 5.41) is 0. The normalized spacial score (nSPS) is 19.3. The van der Waals surface area contributed by atoms with E-state index in [1.54, 1.807) is 11.8 Å². The van der Waals surface area contributed by atoms with E-state index in [9.17, 15) is 9.59 Å². The Morgan fingerprint density at radius 1 is 1.23 bits per heavy atom. The van der Waals surface area contributed by atoms with E-state index < -0.39 is 17.6 Å². The number of piperidine rings is 1. The van der Waals surface area contributed by atoms with Crippen LogP contribution in [-0.2, 0) is 20.8 Å². The Hall–Kier alpha value is -2.37. The van der Waals surface area contributed by atoms with Gasteiger partial charge in [0.2, 0.25) is 0 Å². The molecule has 1 aromatic rings. The highest BCUT2D eigenvalue weighted by atomic mass is 16.6. The molecule has 0 saturated carbocycles. The minimum Gasteiger partial charge on any atom is -0.465 e. The van der Waals surface area contributed by atoms with Crippen LogP contribution < -0.4 is 0 Å². The Kier molecular flexibility index (Phi) is 6.77. The lowest BCUT2D eigenvalue weighted by atomic mass is 9.95. The minimum atomic E-state index is -0.571. The van der Waals surface area contributed by atoms with Gasteiger partial charge in [0.25, 0.3) is 0 Å². The van der Waals surface area contributed by atoms with Crippen LogP contribution in [0.1, 0.15) is 39.7 Å². The molecule has 1 aliphatic heterocycles. The van der Waals surface area contributed by atoms with Crippen LogP contribution in [0.5, 0.6) is 0 Å². The lowest BCUT2D eigenvalue weighted by molar-refractivity contribution is -0.146. The average molecular weight is 360 g/mol. The molecule has 1 fully saturated rings. The van der Waals surface area contributed by atoms with Gasteiger partial charge in [-0.15, -0.1) is 0 Å². The van der Waals surface area contributed by atoms with Crippen molar-refractivity contribution < 1.29 is 19.1 Å². The van der Waals surface area contributed by atoms with Crippen molar-refractivity contribution in [3.05, 3.63) is 35.9 Å². The molecule has 26 heavy (non-hydrogen) atoms. The van der Waals surface area contributed by atoms with Crippen LogP contribution in [0.3, 0.4) is 0 Å². The number of ether oxygens (including phenoxy) is 2. The second-order valence-corrected chi connectivity index (χ2v) is 7.27. The van der Waals surface area contributed by atoms with Gasteiger partial charge in [0.1, 0.15) is 11.5 Å². The Morgan fingerprint density at radius 2 is 1.92 bits per heavy atom. The van der Waals surface area contributed by atoms with Gasteiger partial charge < -0.3 is 14.4 Å². The fourth-order valence-corrected chi connectivity index (χ4v) is 2.75. The number of hydrogen-bond donors (Lipinski definition) is 0. The highest BCUT2D eigenvalue weighted by Gasteiger charge is 2.35. The number of rotatable bonds is 4. The Labute approximate surface area is 155 Å². The van der Waals surface area contributed by atoms with Crippen molar-refractivity contribution in [3.8, 4) is 0 Å². The van der Waals surface area contributed by atoms with E-state index in [1.165, 1.54) is 0 Å². The molecule has 2 rings (SSSR count). The molecule has 1 saturated heterocycles. The standard InChI is InChI=1S/C20H28N2O4/c1-5-25-18(23)16-14-22(19(24)26-20(2,3)4)12-11-17(16)21-13-15-9-7-6-8-10-15/h6-10,16H,5,11-14H2,1-4H3. The molecule has 1 unspecified atom stereocenters. The molecule has 1 aromatic carbocycles. The van der Waals surface area contributed by atoms with Gasteiger partial charge in [-0.05, 0) is 33.3 Å². The summed E-state index contributed by atoms with van der Waals surface area (Å²) in [4.78, 5) is 30.9. The Balaban J connectivity index is 2.11. The van der Waals surface area contributed by atoms with E-state index in [0.29, 0.717) is 26.1 Å². The summed E-state index contributed by atoms with van der Waals surface area (Å²) in [5.74, 6) is -0.882. The lowest BCUT2D eigenvalue weighted by Crippen LogP contribution is -2.48. The van der Waals surface area contributed by atoms with E-state index in [0.717, 1.165) is 11.3 Å². The number of carbonyl (C=O) groups excluding carboxylic acids is 2. The molecular formula is C20H28N2O4. The summed E-state index contributed by atoms with van der Waals surface area (Å²) in [7, 11) is 0. The maximum atomic E-state index is 12.4. The van der Waals surface area contributed by atoms with Gasteiger partial charge >= 0.3 is 12.1 Å². The smallest absolute Gasteiger partial charge is 0.410 e. The van der Waals surface area contributed by atoms with Crippen LogP contribution in [0, 0.1) is 5.92 Å². The predicted octanol–water partition coefficient (Wildman–Crippen LogP) is 3.45. The van der Waals surface area contributed by atoms with Crippen molar-refractivity contribution in [2.24, 2.45) is 10.9 Å². The third-order valence-corrected chi connectivity index (χ3v) is 3.97. The van der Waals surface area contributed by atoms with E-state index in [1.807, 2.05) is 51.1 Å². The van der Waals surface area contributed by atoms with Crippen LogP contribution in [0.25, 0.3) is 0 Å². The number of carbonyl (C=O) groups is 2. The highest BCUT2D eigenvalue weighted by molar-refractivity contribution is 6.03. The number of likely N-dealkylation sites (tertiary alicyclic amines) is 1. The second kappa shape index (κ2) is 8.83. The summed E-state index contributed by atoms with van der Waals surface area (Å²) in [6, 6.07) is 9.88. The number of aliphatic imine (C=N–C) groups is 1. The molecular weight excluding hydrogens is 332 g/mol. The molecule has 0 N–H and O–H groups in total. The quantitative estimate of drug-likeness (QED) is 0.771. The summed E-state index contributed by atoms with van der Waals surface area (Å²) in [6.45, 7) is 8.78. The first-order chi connectivity index (χ1) is 12.3. The second-order valence-electron chi connectivity index (χ2n) is 7.27. The first-order valence-corrected chi connectivity index (χ1v) is 9.02. The number of amides is 1. The number of benzene rings is 1. The summed E-state index contributed by atoms with van der Waals surface area (Å²) in [6.07, 6.45) is 0.129. The molecule has 6 nitrogen and oxygen atoms in total. The number of esters is 1. The van der Waals surface area contributed by atoms with Crippen molar-refractivity contribution in [3.63, 3.8) is 0 Å². The van der Waals surface area contributed by atoms with Crippen molar-refractivity contribution >= 4 is 17.8 Å². The lowest BCUT2D eigenvalue weighted by Gasteiger charge is -2.34. The molecule has 0 bridgehead atoms. The van der Waals surface area contributed by atoms with Crippen LogP contribution in [0.2, 0.25) is 0 Å². The van der Waals surface area contributed by atoms with Crippen LogP contribution in [0.4, 0.5) is 4.79 Å². The van der Waals surface area contributed by atoms with E-state index in [4.69, 9.17) is 9.47 Å². The molecule has 1 atom stereocenters. The van der Waals surface area contributed by atoms with Crippen LogP contribution in [0.15, 0.2) is 35.3 Å². The molecule has 1 aliphatic rings. The summed E-state index contributed by atoms with van der Waals surface area (Å²) < 4.78 is 10.6. The van der Waals surface area contributed by atoms with Gasteiger partial charge in [0.15, 0.2) is 0 Å². The maximum absolute atomic E-state index is 12.4. The number of nitrogens with zero attached hydrogens (tertiary/aromatic N) is 2. The molecule has 0 aliphatic carbocycles. The SMILES string of the molecule is CCOC(=O)C1CN(C(=O)OC(C)(C)C)CCC1=NCc1ccccc1. The summed E-state index contributed by atoms with van der Waals surface area (Å²) >= 11 is 0. The van der Waals surface area contributed by atoms with Crippen molar-refractivity contribution in [1.29, 1.82) is 0 Å². The predicted molar refractivity (Wildman–Crippen MR) is 100 cm³/mol. The van der Waals surface area contributed by atoms with Crippen molar-refractivity contribution in [2.45, 2.75) is 46.3 Å². The molecule has 142 valence electrons. The fourth-order valence-electron chi connectivity index (χ4n) is 2.75. The fraction of sp³-hybridized carbons (Fsp3) is 0.550. The van der Waals surface area contributed by atoms with Gasteiger partial charge in [-0.2, -0.15) is 0 Å². The van der Waals surface area contributed by atoms with Gasteiger partial charge in [-0.3, -0.25) is 9.79 Å². The van der Waals surface area contributed by atoms with Crippen molar-refractivity contribution in [1.82, 2.24) is 4.90 Å². The first kappa shape index (κ1) is 19.9. The molecule has 1 amide bonds. The topological polar surface area (TPSA) is 68.2 Å². The number of hydrogen-bond acceptors (Lipinski definition) is 5. The zero-order valence-corrected chi connectivity index (χ0v) is 16.0. The molecule has 6 heteroatoms. The van der Waals surface area contributed by atoms with Crippen molar-refractivity contribution in [2.75, 3.05) is 19.7 Å². The first-order valence-electron chi connectivity index (χ1n) is 9.02. The molecule has 0 spiro atoms. The minimum absolute atomic E-state index is 0.237. The van der Waals surface area contributed by atoms with Gasteiger partial charge in [-0.1, -0.05) is 30.3 Å². The van der Waals surface area contributed by atoms with Crippen LogP contribution in [-0.4, -0.2) is 48.0 Å². The molecule has 1 heterocycles. The largest absolute Gasteiger partial charge is 0.465 e. The maximum Gasteiger partial charge on any atom is 0.410 e. The van der Waals surface area contributed by atoms with Gasteiger partial charge in [0, 0.05) is 25.2 Å². The van der Waals surface area contributed by atoms with Gasteiger partial charge in [-0.25, -0.2) is 4.79 Å². The molecule has 0 radical (unpaired) electrons. The monoisotopic (exact) mass is 360 g/mol. The van der Waals surface area contributed by atoms with E-state index in [-0.39, 0.29) is 12.5 Å². The zero-order valence-electron chi connectivity index (χ0n) is 16.0. The highest BCUT2D eigenvalue weighted by Crippen LogP contribution is 2.20. The van der Waals surface area contributed by atoms with Gasteiger partial charge in [0.05, 0.1) is 13.2 Å². The Bertz CT molecular complexity index is 650. The van der Waals surface area contributed by atoms with Crippen LogP contribution >= 0.6 is 0 Å². The zero-order chi connectivity index (χ0) is 19.2.